The van der Waals surface area contributed by atoms with E-state index in [1.807, 2.05) is 0 Å². The van der Waals surface area contributed by atoms with Gasteiger partial charge in [-0.2, -0.15) is 0 Å². The van der Waals surface area contributed by atoms with Gasteiger partial charge in [-0.05, 0) is 31.1 Å². The van der Waals surface area contributed by atoms with E-state index < -0.39 is 6.10 Å². The summed E-state index contributed by atoms with van der Waals surface area (Å²) in [6, 6.07) is 0. The molecule has 6 nitrogen and oxygen atoms in total. The summed E-state index contributed by atoms with van der Waals surface area (Å²) in [6.07, 6.45) is 59.6. The Balaban J connectivity index is 4.25. The molecule has 0 aliphatic heterocycles. The van der Waals surface area contributed by atoms with Crippen LogP contribution in [0.25, 0.3) is 0 Å². The van der Waals surface area contributed by atoms with Crippen LogP contribution in [-0.4, -0.2) is 37.2 Å². The molecule has 0 heterocycles. The molecule has 0 aliphatic rings. The van der Waals surface area contributed by atoms with Crippen molar-refractivity contribution in [2.75, 3.05) is 13.2 Å². The average Bonchev–Trinajstić information content (AvgIpc) is 3.31. The van der Waals surface area contributed by atoms with Crippen LogP contribution in [-0.2, 0) is 28.6 Å². The molecule has 0 aliphatic carbocycles. The molecule has 0 amide bonds. The Morgan fingerprint density at radius 2 is 0.485 bits per heavy atom. The minimum atomic E-state index is -0.763. The number of esters is 3. The number of carbonyl (C=O) groups excluding carboxylic acids is 3. The van der Waals surface area contributed by atoms with Gasteiger partial charge in [-0.1, -0.05) is 311 Å². The van der Waals surface area contributed by atoms with Gasteiger partial charge in [-0.25, -0.2) is 0 Å². The van der Waals surface area contributed by atoms with Gasteiger partial charge in [0.25, 0.3) is 0 Å². The summed E-state index contributed by atoms with van der Waals surface area (Å²) in [4.78, 5) is 38.2. The molecule has 68 heavy (non-hydrogen) atoms. The summed E-state index contributed by atoms with van der Waals surface area (Å²) in [5.74, 6) is 0.851. The molecule has 0 rings (SSSR count). The van der Waals surface area contributed by atoms with Gasteiger partial charge in [0.1, 0.15) is 13.2 Å². The third-order valence-electron chi connectivity index (χ3n) is 14.2. The number of unbranched alkanes of at least 4 members (excludes halogenated alkanes) is 41. The summed E-state index contributed by atoms with van der Waals surface area (Å²) in [6.45, 7) is 11.4. The second-order valence-corrected chi connectivity index (χ2v) is 22.3. The number of rotatable bonds is 56. The third kappa shape index (κ3) is 55.3. The Hall–Kier alpha value is -1.59. The van der Waals surface area contributed by atoms with Crippen LogP contribution in [0, 0.1) is 11.8 Å². The van der Waals surface area contributed by atoms with E-state index in [1.54, 1.807) is 0 Å². The van der Waals surface area contributed by atoms with Gasteiger partial charge in [-0.15, -0.1) is 0 Å². The van der Waals surface area contributed by atoms with E-state index in [4.69, 9.17) is 14.2 Å². The van der Waals surface area contributed by atoms with E-state index in [9.17, 15) is 14.4 Å². The molecule has 0 fully saturated rings. The zero-order valence-electron chi connectivity index (χ0n) is 46.7. The maximum absolute atomic E-state index is 12.9. The molecule has 0 aromatic carbocycles. The zero-order valence-corrected chi connectivity index (χ0v) is 46.7. The summed E-state index contributed by atoms with van der Waals surface area (Å²) >= 11 is 0. The van der Waals surface area contributed by atoms with E-state index in [0.717, 1.165) is 69.6 Å². The topological polar surface area (TPSA) is 78.9 Å². The number of hydrogen-bond acceptors (Lipinski definition) is 6. The number of ether oxygens (including phenoxy) is 3. The predicted octanol–water partition coefficient (Wildman–Crippen LogP) is 20.4. The highest BCUT2D eigenvalue weighted by Crippen LogP contribution is 2.19. The second kappa shape index (κ2) is 54.7. The van der Waals surface area contributed by atoms with Crippen LogP contribution in [0.3, 0.4) is 0 Å². The third-order valence-corrected chi connectivity index (χ3v) is 14.2. The first-order valence-corrected chi connectivity index (χ1v) is 30.7. The summed E-state index contributed by atoms with van der Waals surface area (Å²) in [5, 5.41) is 0. The first kappa shape index (κ1) is 66.4. The minimum Gasteiger partial charge on any atom is -0.462 e. The van der Waals surface area contributed by atoms with Crippen molar-refractivity contribution in [2.24, 2.45) is 11.8 Å². The first-order chi connectivity index (χ1) is 33.2. The van der Waals surface area contributed by atoms with Crippen LogP contribution >= 0.6 is 0 Å². The van der Waals surface area contributed by atoms with E-state index >= 15 is 0 Å². The average molecular weight is 962 g/mol. The van der Waals surface area contributed by atoms with Gasteiger partial charge in [0.15, 0.2) is 6.10 Å². The van der Waals surface area contributed by atoms with Gasteiger partial charge in [0.05, 0.1) is 0 Å². The standard InChI is InChI=1S/C62H120O6/c1-6-7-8-9-10-11-12-13-18-23-28-34-39-44-49-54-62(65)68-59(56-67-61(64)53-48-43-38-33-29-24-26-31-36-41-46-51-58(4)5)55-66-60(63)52-47-42-37-32-27-22-20-17-15-14-16-19-21-25-30-35-40-45-50-57(2)3/h57-59H,6-56H2,1-5H3/t59-/m1/s1. The van der Waals surface area contributed by atoms with Crippen molar-refractivity contribution in [1.82, 2.24) is 0 Å². The Labute approximate surface area is 425 Å². The maximum Gasteiger partial charge on any atom is 0.306 e. The van der Waals surface area contributed by atoms with Crippen molar-refractivity contribution < 1.29 is 28.6 Å². The van der Waals surface area contributed by atoms with E-state index in [1.165, 1.54) is 238 Å². The number of carbonyl (C=O) groups is 3. The molecule has 0 spiro atoms. The lowest BCUT2D eigenvalue weighted by Crippen LogP contribution is -2.30. The summed E-state index contributed by atoms with van der Waals surface area (Å²) < 4.78 is 16.9. The normalized spacial score (nSPS) is 12.0. The molecule has 0 saturated heterocycles. The molecule has 6 heteroatoms. The molecule has 0 saturated carbocycles. The van der Waals surface area contributed by atoms with Crippen molar-refractivity contribution >= 4 is 17.9 Å². The lowest BCUT2D eigenvalue weighted by Gasteiger charge is -2.18. The Kier molecular flexibility index (Phi) is 53.5. The highest BCUT2D eigenvalue weighted by molar-refractivity contribution is 5.71. The monoisotopic (exact) mass is 961 g/mol. The van der Waals surface area contributed by atoms with Crippen LogP contribution < -0.4 is 0 Å². The van der Waals surface area contributed by atoms with Gasteiger partial charge in [0, 0.05) is 19.3 Å². The predicted molar refractivity (Wildman–Crippen MR) is 293 cm³/mol. The van der Waals surface area contributed by atoms with Crippen molar-refractivity contribution in [3.8, 4) is 0 Å². The molecule has 0 bridgehead atoms. The summed E-state index contributed by atoms with van der Waals surface area (Å²) in [5.41, 5.74) is 0. The molecule has 0 aromatic heterocycles. The van der Waals surface area contributed by atoms with Gasteiger partial charge < -0.3 is 14.2 Å². The molecule has 0 unspecified atom stereocenters. The highest BCUT2D eigenvalue weighted by atomic mass is 16.6. The maximum atomic E-state index is 12.9. The lowest BCUT2D eigenvalue weighted by molar-refractivity contribution is -0.167. The quantitative estimate of drug-likeness (QED) is 0.0343. The first-order valence-electron chi connectivity index (χ1n) is 30.7. The number of hydrogen-bond donors (Lipinski definition) is 0. The fraction of sp³-hybridized carbons (Fsp3) is 0.952. The second-order valence-electron chi connectivity index (χ2n) is 22.3. The summed E-state index contributed by atoms with van der Waals surface area (Å²) in [7, 11) is 0. The van der Waals surface area contributed by atoms with E-state index in [-0.39, 0.29) is 31.1 Å². The molecule has 0 aromatic rings. The Morgan fingerprint density at radius 3 is 0.721 bits per heavy atom. The van der Waals surface area contributed by atoms with E-state index in [0.29, 0.717) is 19.3 Å². The van der Waals surface area contributed by atoms with Gasteiger partial charge >= 0.3 is 17.9 Å². The largest absolute Gasteiger partial charge is 0.462 e. The van der Waals surface area contributed by atoms with Crippen molar-refractivity contribution in [3.63, 3.8) is 0 Å². The molecule has 0 N–H and O–H groups in total. The molecule has 0 radical (unpaired) electrons. The van der Waals surface area contributed by atoms with Crippen molar-refractivity contribution in [1.29, 1.82) is 0 Å². The molecule has 1 atom stereocenters. The van der Waals surface area contributed by atoms with Crippen molar-refractivity contribution in [3.05, 3.63) is 0 Å². The van der Waals surface area contributed by atoms with Crippen LogP contribution in [0.15, 0.2) is 0 Å². The highest BCUT2D eigenvalue weighted by Gasteiger charge is 2.19. The van der Waals surface area contributed by atoms with Gasteiger partial charge in [-0.3, -0.25) is 14.4 Å². The minimum absolute atomic E-state index is 0.0622. The fourth-order valence-electron chi connectivity index (χ4n) is 9.58. The molecular formula is C62H120O6. The van der Waals surface area contributed by atoms with Crippen LogP contribution in [0.1, 0.15) is 349 Å². The zero-order chi connectivity index (χ0) is 49.6. The SMILES string of the molecule is CCCCCCCCCCCCCCCCCC(=O)O[C@H](COC(=O)CCCCCCCCCCCCCCCCCCCCC(C)C)COC(=O)CCCCCCCCCCCCCC(C)C. The van der Waals surface area contributed by atoms with Gasteiger partial charge in [0.2, 0.25) is 0 Å². The van der Waals surface area contributed by atoms with Crippen LogP contribution in [0.4, 0.5) is 0 Å². The lowest BCUT2D eigenvalue weighted by atomic mass is 10.0. The Bertz CT molecular complexity index is 1040. The van der Waals surface area contributed by atoms with Crippen LogP contribution in [0.5, 0.6) is 0 Å². The van der Waals surface area contributed by atoms with Crippen molar-refractivity contribution in [2.45, 2.75) is 355 Å². The molecular weight excluding hydrogens is 841 g/mol. The smallest absolute Gasteiger partial charge is 0.306 e. The van der Waals surface area contributed by atoms with Crippen LogP contribution in [0.2, 0.25) is 0 Å². The Morgan fingerprint density at radius 1 is 0.279 bits per heavy atom. The molecule has 404 valence electrons. The van der Waals surface area contributed by atoms with E-state index in [2.05, 4.69) is 34.6 Å². The fourth-order valence-corrected chi connectivity index (χ4v) is 9.58.